The van der Waals surface area contributed by atoms with Crippen LogP contribution in [0.5, 0.6) is 0 Å². The number of carbonyl (C=O) groups excluding carboxylic acids is 1. The molecule has 0 atom stereocenters. The maximum atomic E-state index is 12.5. The van der Waals surface area contributed by atoms with E-state index in [4.69, 9.17) is 0 Å². The van der Waals surface area contributed by atoms with Crippen molar-refractivity contribution in [1.82, 2.24) is 15.0 Å². The Morgan fingerprint density at radius 3 is 2.62 bits per heavy atom. The summed E-state index contributed by atoms with van der Waals surface area (Å²) in [5, 5.41) is 4.92. The SMILES string of the molecule is O=C(NN=C1CCCCCCC1)c1ccc2c(=O)n3c(nc2c1)CCC3. The zero-order valence-electron chi connectivity index (χ0n) is 15.0. The summed E-state index contributed by atoms with van der Waals surface area (Å²) in [5.41, 5.74) is 4.83. The minimum Gasteiger partial charge on any atom is -0.296 e. The molecule has 4 rings (SSSR count). The van der Waals surface area contributed by atoms with Gasteiger partial charge in [-0.1, -0.05) is 19.3 Å². The summed E-state index contributed by atoms with van der Waals surface area (Å²) in [7, 11) is 0. The predicted molar refractivity (Wildman–Crippen MR) is 102 cm³/mol. The van der Waals surface area contributed by atoms with Gasteiger partial charge in [0.25, 0.3) is 11.5 Å². The van der Waals surface area contributed by atoms with Crippen LogP contribution in [0.4, 0.5) is 0 Å². The van der Waals surface area contributed by atoms with E-state index >= 15 is 0 Å². The molecule has 26 heavy (non-hydrogen) atoms. The topological polar surface area (TPSA) is 76.3 Å². The van der Waals surface area contributed by atoms with Gasteiger partial charge >= 0.3 is 0 Å². The maximum absolute atomic E-state index is 12.5. The fourth-order valence-electron chi connectivity index (χ4n) is 3.84. The summed E-state index contributed by atoms with van der Waals surface area (Å²) >= 11 is 0. The van der Waals surface area contributed by atoms with Crippen molar-refractivity contribution in [1.29, 1.82) is 0 Å². The Bertz CT molecular complexity index is 919. The zero-order chi connectivity index (χ0) is 17.9. The number of nitrogens with zero attached hydrogens (tertiary/aromatic N) is 3. The number of aromatic nitrogens is 2. The number of hydrogen-bond donors (Lipinski definition) is 1. The summed E-state index contributed by atoms with van der Waals surface area (Å²) in [6.07, 6.45) is 9.75. The monoisotopic (exact) mass is 352 g/mol. The molecule has 6 nitrogen and oxygen atoms in total. The fraction of sp³-hybridized carbons (Fsp3) is 0.500. The third-order valence-corrected chi connectivity index (χ3v) is 5.32. The van der Waals surface area contributed by atoms with Gasteiger partial charge < -0.3 is 0 Å². The highest BCUT2D eigenvalue weighted by molar-refractivity contribution is 5.98. The molecule has 2 heterocycles. The highest BCUT2D eigenvalue weighted by Crippen LogP contribution is 2.17. The number of carbonyl (C=O) groups is 1. The lowest BCUT2D eigenvalue weighted by molar-refractivity contribution is 0.0954. The van der Waals surface area contributed by atoms with Crippen LogP contribution in [0.15, 0.2) is 28.1 Å². The van der Waals surface area contributed by atoms with Crippen LogP contribution < -0.4 is 11.0 Å². The van der Waals surface area contributed by atoms with Crippen LogP contribution in [0.1, 0.15) is 67.5 Å². The van der Waals surface area contributed by atoms with Gasteiger partial charge in [0, 0.05) is 24.2 Å². The maximum Gasteiger partial charge on any atom is 0.271 e. The molecular formula is C20H24N4O2. The molecule has 6 heteroatoms. The third-order valence-electron chi connectivity index (χ3n) is 5.32. The van der Waals surface area contributed by atoms with Crippen LogP contribution in [0.25, 0.3) is 10.9 Å². The van der Waals surface area contributed by atoms with Crippen molar-refractivity contribution in [3.05, 3.63) is 39.9 Å². The Kier molecular flexibility index (Phi) is 4.82. The van der Waals surface area contributed by atoms with Crippen LogP contribution in [-0.2, 0) is 13.0 Å². The second-order valence-electron chi connectivity index (χ2n) is 7.21. The second-order valence-corrected chi connectivity index (χ2v) is 7.21. The van der Waals surface area contributed by atoms with Crippen LogP contribution in [0.3, 0.4) is 0 Å². The molecule has 1 aliphatic heterocycles. The summed E-state index contributed by atoms with van der Waals surface area (Å²) in [6.45, 7) is 0.733. The number of hydrogen-bond acceptors (Lipinski definition) is 4. The Morgan fingerprint density at radius 2 is 1.81 bits per heavy atom. The first-order chi connectivity index (χ1) is 12.7. The molecule has 136 valence electrons. The third kappa shape index (κ3) is 3.41. The van der Waals surface area contributed by atoms with E-state index in [0.29, 0.717) is 16.5 Å². The average Bonchev–Trinajstić information content (AvgIpc) is 3.09. The summed E-state index contributed by atoms with van der Waals surface area (Å²) < 4.78 is 1.74. The Hall–Kier alpha value is -2.50. The van der Waals surface area contributed by atoms with Gasteiger partial charge in [-0.15, -0.1) is 0 Å². The van der Waals surface area contributed by atoms with Crippen molar-refractivity contribution in [2.75, 3.05) is 0 Å². The lowest BCUT2D eigenvalue weighted by Crippen LogP contribution is -2.22. The van der Waals surface area contributed by atoms with Crippen LogP contribution >= 0.6 is 0 Å². The lowest BCUT2D eigenvalue weighted by atomic mass is 9.99. The van der Waals surface area contributed by atoms with Crippen molar-refractivity contribution in [3.63, 3.8) is 0 Å². The van der Waals surface area contributed by atoms with Gasteiger partial charge in [-0.05, 0) is 50.3 Å². The lowest BCUT2D eigenvalue weighted by Gasteiger charge is -2.11. The Morgan fingerprint density at radius 1 is 1.04 bits per heavy atom. The number of nitrogens with one attached hydrogen (secondary N) is 1. The van der Waals surface area contributed by atoms with Crippen molar-refractivity contribution < 1.29 is 4.79 Å². The standard InChI is InChI=1S/C20H24N4O2/c25-19(23-22-15-7-4-2-1-3-5-8-15)14-10-11-16-17(13-14)21-18-9-6-12-24(18)20(16)26/h10-11,13H,1-9,12H2,(H,23,25). The van der Waals surface area contributed by atoms with Gasteiger partial charge in [-0.25, -0.2) is 10.4 Å². The molecule has 0 radical (unpaired) electrons. The number of hydrazone groups is 1. The van der Waals surface area contributed by atoms with Gasteiger partial charge in [0.2, 0.25) is 0 Å². The molecule has 0 saturated heterocycles. The molecule has 0 bridgehead atoms. The molecule has 1 fully saturated rings. The van der Waals surface area contributed by atoms with E-state index in [1.165, 1.54) is 19.3 Å². The van der Waals surface area contributed by atoms with Gasteiger partial charge in [0.05, 0.1) is 10.9 Å². The van der Waals surface area contributed by atoms with E-state index in [9.17, 15) is 9.59 Å². The average molecular weight is 352 g/mol. The largest absolute Gasteiger partial charge is 0.296 e. The molecule has 0 unspecified atom stereocenters. The highest BCUT2D eigenvalue weighted by atomic mass is 16.2. The minimum absolute atomic E-state index is 0.00998. The Labute approximate surface area is 152 Å². The number of fused-ring (bicyclic) bond motifs is 2. The van der Waals surface area contributed by atoms with E-state index < -0.39 is 0 Å². The first-order valence-electron chi connectivity index (χ1n) is 9.61. The molecule has 1 aromatic carbocycles. The molecule has 1 saturated carbocycles. The molecule has 2 aromatic rings. The molecule has 1 aromatic heterocycles. The quantitative estimate of drug-likeness (QED) is 0.844. The second kappa shape index (κ2) is 7.40. The van der Waals surface area contributed by atoms with Gasteiger partial charge in [0.15, 0.2) is 0 Å². The van der Waals surface area contributed by atoms with Crippen molar-refractivity contribution in [2.24, 2.45) is 5.10 Å². The van der Waals surface area contributed by atoms with E-state index in [2.05, 4.69) is 15.5 Å². The summed E-state index contributed by atoms with van der Waals surface area (Å²) in [5.74, 6) is 0.568. The fourth-order valence-corrected chi connectivity index (χ4v) is 3.84. The summed E-state index contributed by atoms with van der Waals surface area (Å²) in [6, 6.07) is 5.08. The summed E-state index contributed by atoms with van der Waals surface area (Å²) in [4.78, 5) is 29.5. The van der Waals surface area contributed by atoms with E-state index in [0.717, 1.165) is 56.6 Å². The van der Waals surface area contributed by atoms with Crippen LogP contribution in [0, 0.1) is 0 Å². The number of amides is 1. The van der Waals surface area contributed by atoms with E-state index in [1.807, 2.05) is 0 Å². The first kappa shape index (κ1) is 16.9. The van der Waals surface area contributed by atoms with Gasteiger partial charge in [-0.2, -0.15) is 5.10 Å². The van der Waals surface area contributed by atoms with E-state index in [-0.39, 0.29) is 11.5 Å². The smallest absolute Gasteiger partial charge is 0.271 e. The van der Waals surface area contributed by atoms with Crippen molar-refractivity contribution in [3.8, 4) is 0 Å². The van der Waals surface area contributed by atoms with Crippen molar-refractivity contribution in [2.45, 2.75) is 64.3 Å². The van der Waals surface area contributed by atoms with Crippen LogP contribution in [0.2, 0.25) is 0 Å². The number of aryl methyl sites for hydroxylation is 1. The molecule has 2 aliphatic rings. The van der Waals surface area contributed by atoms with E-state index in [1.54, 1.807) is 22.8 Å². The number of rotatable bonds is 2. The molecule has 1 N–H and O–H groups in total. The van der Waals surface area contributed by atoms with Crippen molar-refractivity contribution >= 4 is 22.5 Å². The molecular weight excluding hydrogens is 328 g/mol. The molecule has 1 aliphatic carbocycles. The Balaban J connectivity index is 1.55. The minimum atomic E-state index is -0.246. The first-order valence-corrected chi connectivity index (χ1v) is 9.61. The molecule has 0 spiro atoms. The van der Waals surface area contributed by atoms with Gasteiger partial charge in [0.1, 0.15) is 5.82 Å². The normalized spacial score (nSPS) is 17.5. The number of benzene rings is 1. The highest BCUT2D eigenvalue weighted by Gasteiger charge is 2.17. The predicted octanol–water partition coefficient (Wildman–Crippen LogP) is 3.17. The zero-order valence-corrected chi connectivity index (χ0v) is 15.0. The van der Waals surface area contributed by atoms with Gasteiger partial charge in [-0.3, -0.25) is 14.2 Å². The molecule has 1 amide bonds. The van der Waals surface area contributed by atoms with Crippen LogP contribution in [-0.4, -0.2) is 21.2 Å².